The van der Waals surface area contributed by atoms with Gasteiger partial charge < -0.3 is 14.9 Å². The Bertz CT molecular complexity index is 590. The van der Waals surface area contributed by atoms with Crippen molar-refractivity contribution in [3.8, 4) is 11.5 Å². The van der Waals surface area contributed by atoms with Gasteiger partial charge in [-0.25, -0.2) is 0 Å². The summed E-state index contributed by atoms with van der Waals surface area (Å²) in [5.74, 6) is 0.742. The summed E-state index contributed by atoms with van der Waals surface area (Å²) in [5.41, 5.74) is 0.775. The van der Waals surface area contributed by atoms with Gasteiger partial charge in [-0.2, -0.15) is 4.98 Å². The molecule has 1 saturated heterocycles. The smallest absolute Gasteiger partial charge is 0.259 e. The van der Waals surface area contributed by atoms with E-state index in [9.17, 15) is 5.11 Å². The van der Waals surface area contributed by atoms with Crippen LogP contribution < -0.4 is 5.32 Å². The van der Waals surface area contributed by atoms with Gasteiger partial charge in [-0.3, -0.25) is 4.98 Å². The molecule has 1 aliphatic rings. The zero-order valence-corrected chi connectivity index (χ0v) is 11.5. The lowest BCUT2D eigenvalue weighted by Gasteiger charge is -2.28. The number of piperidine rings is 1. The summed E-state index contributed by atoms with van der Waals surface area (Å²) in [7, 11) is 0. The van der Waals surface area contributed by atoms with Crippen LogP contribution in [-0.2, 0) is 12.0 Å². The second-order valence-electron chi connectivity index (χ2n) is 5.07. The van der Waals surface area contributed by atoms with E-state index in [2.05, 4.69) is 27.4 Å². The first-order valence-corrected chi connectivity index (χ1v) is 6.94. The van der Waals surface area contributed by atoms with Crippen LogP contribution in [0.5, 0.6) is 0 Å². The van der Waals surface area contributed by atoms with E-state index in [1.807, 2.05) is 12.1 Å². The van der Waals surface area contributed by atoms with Crippen molar-refractivity contribution in [1.29, 1.82) is 0 Å². The van der Waals surface area contributed by atoms with Crippen molar-refractivity contribution in [2.45, 2.75) is 31.8 Å². The third-order valence-corrected chi connectivity index (χ3v) is 3.74. The number of hydrogen-bond donors (Lipinski definition) is 2. The molecule has 0 spiro atoms. The quantitative estimate of drug-likeness (QED) is 0.876. The highest BCUT2D eigenvalue weighted by Gasteiger charge is 2.37. The van der Waals surface area contributed by atoms with Crippen molar-refractivity contribution >= 4 is 0 Å². The second kappa shape index (κ2) is 5.30. The van der Waals surface area contributed by atoms with E-state index in [0.717, 1.165) is 30.8 Å². The van der Waals surface area contributed by atoms with Crippen molar-refractivity contribution in [3.05, 3.63) is 29.8 Å². The molecular formula is C14H18N4O2. The van der Waals surface area contributed by atoms with Crippen LogP contribution in [0.25, 0.3) is 11.5 Å². The fraction of sp³-hybridized carbons (Fsp3) is 0.500. The Kier molecular flexibility index (Phi) is 3.50. The predicted molar refractivity (Wildman–Crippen MR) is 72.9 cm³/mol. The fourth-order valence-corrected chi connectivity index (χ4v) is 2.49. The van der Waals surface area contributed by atoms with E-state index >= 15 is 0 Å². The van der Waals surface area contributed by atoms with E-state index in [1.54, 1.807) is 6.20 Å². The molecule has 2 aromatic rings. The van der Waals surface area contributed by atoms with Crippen LogP contribution in [0.4, 0.5) is 0 Å². The highest BCUT2D eigenvalue weighted by molar-refractivity contribution is 5.53. The summed E-state index contributed by atoms with van der Waals surface area (Å²) >= 11 is 0. The molecule has 20 heavy (non-hydrogen) atoms. The fourth-order valence-electron chi connectivity index (χ4n) is 2.49. The summed E-state index contributed by atoms with van der Waals surface area (Å²) < 4.78 is 5.28. The van der Waals surface area contributed by atoms with Crippen LogP contribution in [-0.4, -0.2) is 33.3 Å². The molecule has 0 saturated carbocycles. The highest BCUT2D eigenvalue weighted by atomic mass is 16.5. The molecule has 0 aliphatic carbocycles. The van der Waals surface area contributed by atoms with Gasteiger partial charge in [0, 0.05) is 6.20 Å². The molecular weight excluding hydrogens is 256 g/mol. The van der Waals surface area contributed by atoms with Gasteiger partial charge in [-0.1, -0.05) is 18.1 Å². The normalized spacial score (nSPS) is 18.1. The van der Waals surface area contributed by atoms with Gasteiger partial charge in [0.2, 0.25) is 5.82 Å². The number of hydrogen-bond acceptors (Lipinski definition) is 6. The minimum absolute atomic E-state index is 0.293. The number of aryl methyl sites for hydroxylation is 1. The lowest BCUT2D eigenvalue weighted by atomic mass is 9.92. The van der Waals surface area contributed by atoms with Crippen LogP contribution in [0.1, 0.15) is 31.2 Å². The zero-order valence-electron chi connectivity index (χ0n) is 11.5. The van der Waals surface area contributed by atoms with Gasteiger partial charge in [0.1, 0.15) is 11.3 Å². The second-order valence-corrected chi connectivity index (χ2v) is 5.07. The van der Waals surface area contributed by atoms with Crippen molar-refractivity contribution in [2.75, 3.05) is 13.1 Å². The number of nitrogens with one attached hydrogen (secondary N) is 1. The molecule has 6 heteroatoms. The number of nitrogens with zero attached hydrogens (tertiary/aromatic N) is 3. The van der Waals surface area contributed by atoms with Crippen LogP contribution in [0, 0.1) is 0 Å². The van der Waals surface area contributed by atoms with Crippen molar-refractivity contribution in [2.24, 2.45) is 0 Å². The van der Waals surface area contributed by atoms with Crippen LogP contribution >= 0.6 is 0 Å². The van der Waals surface area contributed by atoms with Gasteiger partial charge in [0.05, 0.1) is 0 Å². The molecule has 2 aromatic heterocycles. The molecule has 0 aromatic carbocycles. The summed E-state index contributed by atoms with van der Waals surface area (Å²) in [6.45, 7) is 3.55. The largest absolute Gasteiger partial charge is 0.380 e. The Morgan fingerprint density at radius 2 is 2.20 bits per heavy atom. The predicted octanol–water partition coefficient (Wildman–Crippen LogP) is 1.26. The monoisotopic (exact) mass is 274 g/mol. The molecule has 0 unspecified atom stereocenters. The van der Waals surface area contributed by atoms with E-state index in [-0.39, 0.29) is 0 Å². The van der Waals surface area contributed by atoms with Gasteiger partial charge >= 0.3 is 0 Å². The lowest BCUT2D eigenvalue weighted by Crippen LogP contribution is -2.39. The Balaban J connectivity index is 1.94. The Morgan fingerprint density at radius 1 is 1.40 bits per heavy atom. The SMILES string of the molecule is CCc1cccnc1-c1noc(C2(O)CCNCC2)n1. The topological polar surface area (TPSA) is 84.1 Å². The summed E-state index contributed by atoms with van der Waals surface area (Å²) in [5, 5.41) is 17.8. The first kappa shape index (κ1) is 13.2. The average molecular weight is 274 g/mol. The molecule has 1 aliphatic heterocycles. The molecule has 0 bridgehead atoms. The Labute approximate surface area is 117 Å². The molecule has 1 fully saturated rings. The van der Waals surface area contributed by atoms with E-state index in [0.29, 0.717) is 24.6 Å². The minimum Gasteiger partial charge on any atom is -0.380 e. The van der Waals surface area contributed by atoms with Crippen LogP contribution in [0.3, 0.4) is 0 Å². The van der Waals surface area contributed by atoms with Gasteiger partial charge in [0.25, 0.3) is 5.89 Å². The molecule has 6 nitrogen and oxygen atoms in total. The molecule has 0 amide bonds. The maximum Gasteiger partial charge on any atom is 0.259 e. The number of aliphatic hydroxyl groups is 1. The summed E-state index contributed by atoms with van der Waals surface area (Å²) in [4.78, 5) is 8.69. The standard InChI is InChI=1S/C14H18N4O2/c1-2-10-4-3-7-16-11(10)12-17-13(20-18-12)14(19)5-8-15-9-6-14/h3-4,7,15,19H,2,5-6,8-9H2,1H3. The molecule has 2 N–H and O–H groups in total. The molecule has 3 heterocycles. The van der Waals surface area contributed by atoms with E-state index in [4.69, 9.17) is 4.52 Å². The summed E-state index contributed by atoms with van der Waals surface area (Å²) in [6.07, 6.45) is 3.72. The summed E-state index contributed by atoms with van der Waals surface area (Å²) in [6, 6.07) is 3.89. The zero-order chi connectivity index (χ0) is 14.0. The molecule has 106 valence electrons. The number of aromatic nitrogens is 3. The third kappa shape index (κ3) is 2.32. The molecule has 3 rings (SSSR count). The van der Waals surface area contributed by atoms with Gasteiger partial charge in [-0.05, 0) is 44.0 Å². The van der Waals surface area contributed by atoms with E-state index < -0.39 is 5.60 Å². The average Bonchev–Trinajstić information content (AvgIpc) is 2.98. The Hall–Kier alpha value is -1.79. The maximum atomic E-state index is 10.6. The minimum atomic E-state index is -1.02. The number of rotatable bonds is 3. The first-order chi connectivity index (χ1) is 9.73. The van der Waals surface area contributed by atoms with Gasteiger partial charge in [0.15, 0.2) is 0 Å². The van der Waals surface area contributed by atoms with Gasteiger partial charge in [-0.15, -0.1) is 0 Å². The van der Waals surface area contributed by atoms with Crippen molar-refractivity contribution in [1.82, 2.24) is 20.4 Å². The number of pyridine rings is 1. The van der Waals surface area contributed by atoms with Crippen molar-refractivity contribution < 1.29 is 9.63 Å². The maximum absolute atomic E-state index is 10.6. The molecule has 0 atom stereocenters. The van der Waals surface area contributed by atoms with Crippen LogP contribution in [0.15, 0.2) is 22.9 Å². The van der Waals surface area contributed by atoms with Crippen molar-refractivity contribution in [3.63, 3.8) is 0 Å². The Morgan fingerprint density at radius 3 is 2.95 bits per heavy atom. The first-order valence-electron chi connectivity index (χ1n) is 6.94. The third-order valence-electron chi connectivity index (χ3n) is 3.74. The van der Waals surface area contributed by atoms with Crippen LogP contribution in [0.2, 0.25) is 0 Å². The van der Waals surface area contributed by atoms with E-state index in [1.165, 1.54) is 0 Å². The lowest BCUT2D eigenvalue weighted by molar-refractivity contribution is -0.0228. The molecule has 0 radical (unpaired) electrons. The highest BCUT2D eigenvalue weighted by Crippen LogP contribution is 2.30.